The van der Waals surface area contributed by atoms with E-state index in [1.165, 1.54) is 13.8 Å². The van der Waals surface area contributed by atoms with E-state index < -0.39 is 23.8 Å². The van der Waals surface area contributed by atoms with Crippen LogP contribution in [0, 0.1) is 0 Å². The minimum Gasteiger partial charge on any atom is -0.467 e. The molecule has 0 aromatic heterocycles. The summed E-state index contributed by atoms with van der Waals surface area (Å²) in [6, 6.07) is 8.55. The van der Waals surface area contributed by atoms with Gasteiger partial charge in [-0.3, -0.25) is 0 Å². The molecule has 0 unspecified atom stereocenters. The van der Waals surface area contributed by atoms with Crippen LogP contribution in [0.15, 0.2) is 30.3 Å². The Balaban J connectivity index is 2.12. The molecule has 0 spiro atoms. The zero-order valence-electron chi connectivity index (χ0n) is 9.51. The van der Waals surface area contributed by atoms with Crippen molar-refractivity contribution in [1.29, 1.82) is 0 Å². The number of benzene rings is 1. The minimum absolute atomic E-state index is 0.408. The number of rotatable bonds is 2. The Hall–Kier alpha value is -2.04. The van der Waals surface area contributed by atoms with Crippen molar-refractivity contribution in [3.63, 3.8) is 0 Å². The lowest BCUT2D eigenvalue weighted by molar-refractivity contribution is -0.243. The highest BCUT2D eigenvalue weighted by Crippen LogP contribution is 2.22. The van der Waals surface area contributed by atoms with Crippen molar-refractivity contribution in [1.82, 2.24) is 0 Å². The molecule has 0 atom stereocenters. The molecule has 0 radical (unpaired) electrons. The Morgan fingerprint density at radius 1 is 1.06 bits per heavy atom. The Morgan fingerprint density at radius 2 is 1.59 bits per heavy atom. The van der Waals surface area contributed by atoms with Gasteiger partial charge in [-0.2, -0.15) is 0 Å². The molecule has 90 valence electrons. The van der Waals surface area contributed by atoms with Crippen molar-refractivity contribution in [2.24, 2.45) is 0 Å². The van der Waals surface area contributed by atoms with E-state index in [4.69, 9.17) is 14.2 Å². The first-order chi connectivity index (χ1) is 7.98. The summed E-state index contributed by atoms with van der Waals surface area (Å²) in [5, 5.41) is 0. The molecule has 0 aliphatic carbocycles. The predicted molar refractivity (Wildman–Crippen MR) is 57.1 cm³/mol. The van der Waals surface area contributed by atoms with Crippen LogP contribution >= 0.6 is 0 Å². The monoisotopic (exact) mass is 236 g/mol. The second kappa shape index (κ2) is 4.08. The third-order valence-electron chi connectivity index (χ3n) is 2.12. The Kier molecular flexibility index (Phi) is 2.75. The fourth-order valence-corrected chi connectivity index (χ4v) is 1.44. The molecule has 1 aromatic carbocycles. The molecule has 0 saturated carbocycles. The van der Waals surface area contributed by atoms with Crippen LogP contribution in [0.4, 0.5) is 0 Å². The number of cyclic esters (lactones) is 2. The van der Waals surface area contributed by atoms with Crippen molar-refractivity contribution in [3.05, 3.63) is 30.3 Å². The van der Waals surface area contributed by atoms with Crippen LogP contribution in [0.2, 0.25) is 0 Å². The summed E-state index contributed by atoms with van der Waals surface area (Å²) < 4.78 is 15.1. The van der Waals surface area contributed by atoms with Gasteiger partial charge in [-0.15, -0.1) is 0 Å². The molecule has 1 saturated heterocycles. The van der Waals surface area contributed by atoms with Crippen molar-refractivity contribution < 1.29 is 23.8 Å². The van der Waals surface area contributed by atoms with Crippen LogP contribution in [0.25, 0.3) is 0 Å². The average molecular weight is 236 g/mol. The summed E-state index contributed by atoms with van der Waals surface area (Å²) in [7, 11) is 0. The van der Waals surface area contributed by atoms with Gasteiger partial charge in [0.2, 0.25) is 0 Å². The summed E-state index contributed by atoms with van der Waals surface area (Å²) in [5.74, 6) is -2.30. The van der Waals surface area contributed by atoms with Crippen LogP contribution in [-0.2, 0) is 19.1 Å². The van der Waals surface area contributed by atoms with Gasteiger partial charge >= 0.3 is 11.9 Å². The molecule has 1 aromatic rings. The average Bonchev–Trinajstić information content (AvgIpc) is 2.24. The summed E-state index contributed by atoms with van der Waals surface area (Å²) in [5.41, 5.74) is 0. The molecule has 5 nitrogen and oxygen atoms in total. The lowest BCUT2D eigenvalue weighted by atomic mass is 10.2. The molecule has 1 heterocycles. The maximum Gasteiger partial charge on any atom is 0.362 e. The summed E-state index contributed by atoms with van der Waals surface area (Å²) in [6.45, 7) is 2.98. The van der Waals surface area contributed by atoms with Crippen molar-refractivity contribution in [2.75, 3.05) is 0 Å². The third kappa shape index (κ3) is 2.55. The van der Waals surface area contributed by atoms with E-state index in [2.05, 4.69) is 0 Å². The number of hydrogen-bond donors (Lipinski definition) is 0. The van der Waals surface area contributed by atoms with Gasteiger partial charge in [-0.1, -0.05) is 18.2 Å². The zero-order chi connectivity index (χ0) is 12.5. The highest BCUT2D eigenvalue weighted by Gasteiger charge is 2.44. The van der Waals surface area contributed by atoms with Gasteiger partial charge in [-0.25, -0.2) is 9.59 Å². The Labute approximate surface area is 98.3 Å². The number of carbonyl (C=O) groups excluding carboxylic acids is 2. The van der Waals surface area contributed by atoms with Gasteiger partial charge in [0.25, 0.3) is 11.9 Å². The lowest BCUT2D eigenvalue weighted by Crippen LogP contribution is -2.51. The third-order valence-corrected chi connectivity index (χ3v) is 2.12. The van der Waals surface area contributed by atoms with Crippen LogP contribution in [0.3, 0.4) is 0 Å². The topological polar surface area (TPSA) is 61.8 Å². The molecular formula is C12H12O5. The fraction of sp³-hybridized carbons (Fsp3) is 0.333. The van der Waals surface area contributed by atoms with Crippen molar-refractivity contribution >= 4 is 11.9 Å². The molecule has 17 heavy (non-hydrogen) atoms. The van der Waals surface area contributed by atoms with Gasteiger partial charge in [0.1, 0.15) is 5.75 Å². The van der Waals surface area contributed by atoms with Gasteiger partial charge < -0.3 is 14.2 Å². The van der Waals surface area contributed by atoms with E-state index in [-0.39, 0.29) is 0 Å². The number of carbonyl (C=O) groups is 2. The summed E-state index contributed by atoms with van der Waals surface area (Å²) >= 11 is 0. The molecule has 0 N–H and O–H groups in total. The largest absolute Gasteiger partial charge is 0.467 e. The smallest absolute Gasteiger partial charge is 0.362 e. The summed E-state index contributed by atoms with van der Waals surface area (Å²) in [6.07, 6.45) is -1.36. The quantitative estimate of drug-likeness (QED) is 0.571. The van der Waals surface area contributed by atoms with E-state index >= 15 is 0 Å². The molecule has 1 aliphatic rings. The molecule has 2 rings (SSSR count). The van der Waals surface area contributed by atoms with Gasteiger partial charge in [0.05, 0.1) is 0 Å². The number of ether oxygens (including phenoxy) is 3. The van der Waals surface area contributed by atoms with E-state index in [9.17, 15) is 9.59 Å². The first-order valence-electron chi connectivity index (χ1n) is 5.15. The molecular weight excluding hydrogens is 224 g/mol. The van der Waals surface area contributed by atoms with E-state index in [0.717, 1.165) is 0 Å². The van der Waals surface area contributed by atoms with Crippen molar-refractivity contribution in [2.45, 2.75) is 25.7 Å². The second-order valence-corrected chi connectivity index (χ2v) is 4.05. The maximum atomic E-state index is 11.6. The molecule has 0 bridgehead atoms. The van der Waals surface area contributed by atoms with E-state index in [1.807, 2.05) is 0 Å². The van der Waals surface area contributed by atoms with Crippen LogP contribution in [0.1, 0.15) is 13.8 Å². The maximum absolute atomic E-state index is 11.6. The summed E-state index contributed by atoms with van der Waals surface area (Å²) in [4.78, 5) is 23.2. The van der Waals surface area contributed by atoms with Crippen LogP contribution < -0.4 is 4.74 Å². The standard InChI is InChI=1S/C12H12O5/c1-12(2)16-10(13)9(11(14)17-12)15-8-6-4-3-5-7-8/h3-7,9H,1-2H3. The Bertz CT molecular complexity index is 417. The van der Waals surface area contributed by atoms with Gasteiger partial charge in [0, 0.05) is 13.8 Å². The van der Waals surface area contributed by atoms with Crippen LogP contribution in [-0.4, -0.2) is 23.8 Å². The lowest BCUT2D eigenvalue weighted by Gasteiger charge is -2.32. The second-order valence-electron chi connectivity index (χ2n) is 4.05. The fourth-order valence-electron chi connectivity index (χ4n) is 1.44. The predicted octanol–water partition coefficient (Wildman–Crippen LogP) is 1.27. The zero-order valence-corrected chi connectivity index (χ0v) is 9.51. The molecule has 5 heteroatoms. The SMILES string of the molecule is CC1(C)OC(=O)C(Oc2ccccc2)C(=O)O1. The molecule has 1 fully saturated rings. The highest BCUT2D eigenvalue weighted by molar-refractivity contribution is 6.00. The van der Waals surface area contributed by atoms with Gasteiger partial charge in [0.15, 0.2) is 0 Å². The molecule has 1 aliphatic heterocycles. The van der Waals surface area contributed by atoms with Crippen LogP contribution in [0.5, 0.6) is 5.75 Å². The first-order valence-corrected chi connectivity index (χ1v) is 5.15. The highest BCUT2D eigenvalue weighted by atomic mass is 16.8. The number of para-hydroxylation sites is 1. The van der Waals surface area contributed by atoms with Gasteiger partial charge in [-0.05, 0) is 12.1 Å². The number of hydrogen-bond acceptors (Lipinski definition) is 5. The first kappa shape index (κ1) is 11.4. The molecule has 0 amide bonds. The number of esters is 2. The van der Waals surface area contributed by atoms with E-state index in [0.29, 0.717) is 5.75 Å². The minimum atomic E-state index is -1.36. The normalized spacial score (nSPS) is 19.4. The van der Waals surface area contributed by atoms with Crippen molar-refractivity contribution in [3.8, 4) is 5.75 Å². The Morgan fingerprint density at radius 3 is 2.12 bits per heavy atom. The van der Waals surface area contributed by atoms with E-state index in [1.54, 1.807) is 30.3 Å².